The molecule has 0 aliphatic carbocycles. The van der Waals surface area contributed by atoms with Crippen molar-refractivity contribution < 1.29 is 43.3 Å². The number of benzene rings is 3. The van der Waals surface area contributed by atoms with Crippen LogP contribution >= 0.6 is 11.6 Å². The van der Waals surface area contributed by atoms with Crippen molar-refractivity contribution in [2.75, 3.05) is 19.7 Å². The topological polar surface area (TPSA) is 309 Å². The second kappa shape index (κ2) is 24.2. The Labute approximate surface area is 359 Å². The third kappa shape index (κ3) is 15.3. The number of aliphatic hydroxyl groups is 1. The smallest absolute Gasteiger partial charge is 0.258 e. The monoisotopic (exact) mass is 865 g/mol. The van der Waals surface area contributed by atoms with Gasteiger partial charge < -0.3 is 64.1 Å². The van der Waals surface area contributed by atoms with Crippen LogP contribution in [-0.2, 0) is 40.1 Å². The van der Waals surface area contributed by atoms with Crippen LogP contribution in [0.15, 0.2) is 78.9 Å². The Hall–Kier alpha value is -5.31. The van der Waals surface area contributed by atoms with Crippen LogP contribution in [-0.4, -0.2) is 109 Å². The van der Waals surface area contributed by atoms with Crippen LogP contribution in [0.3, 0.4) is 0 Å². The van der Waals surface area contributed by atoms with E-state index in [0.29, 0.717) is 44.0 Å². The van der Waals surface area contributed by atoms with Gasteiger partial charge >= 0.3 is 0 Å². The zero-order chi connectivity index (χ0) is 44.5. The minimum Gasteiger partial charge on any atom is -0.391 e. The first kappa shape index (κ1) is 48.4. The molecule has 0 bridgehead atoms. The highest BCUT2D eigenvalue weighted by Crippen LogP contribution is 2.27. The van der Waals surface area contributed by atoms with Gasteiger partial charge in [-0.05, 0) is 93.1 Å². The van der Waals surface area contributed by atoms with E-state index in [9.17, 15) is 33.9 Å². The Morgan fingerprint density at radius 1 is 0.721 bits per heavy atom. The number of nitrogens with two attached hydrogens (primary N) is 4. The Bertz CT molecular complexity index is 1920. The summed E-state index contributed by atoms with van der Waals surface area (Å²) in [6, 6.07) is 19.3. The van der Waals surface area contributed by atoms with Crippen LogP contribution in [0.5, 0.6) is 0 Å². The SMILES string of the molecule is CC(O)C(NC(=O)C(CCN)NC(=O)c1ccc(-c2ccc(Cl)cc2)cc1)C(=O)NC(N)C(=O)NC(CCCCN)C(=O)NC(N)C(=O)C1OC1CCOCc1ccccc1. The number of aliphatic hydroxyl groups excluding tert-OH is 1. The second-order valence-electron chi connectivity index (χ2n) is 14.6. The molecular weight excluding hydrogens is 810 g/mol. The molecule has 1 fully saturated rings. The number of carbonyl (C=O) groups excluding carboxylic acids is 6. The molecule has 19 heteroatoms. The van der Waals surface area contributed by atoms with Crippen LogP contribution in [0.1, 0.15) is 54.9 Å². The molecule has 8 atom stereocenters. The van der Waals surface area contributed by atoms with Crippen LogP contribution in [0.4, 0.5) is 0 Å². The Morgan fingerprint density at radius 3 is 1.95 bits per heavy atom. The number of ketones is 1. The number of hydrogen-bond donors (Lipinski definition) is 10. The fourth-order valence-electron chi connectivity index (χ4n) is 6.20. The molecule has 1 aliphatic heterocycles. The zero-order valence-electron chi connectivity index (χ0n) is 33.9. The number of nitrogens with one attached hydrogen (secondary N) is 5. The van der Waals surface area contributed by atoms with E-state index in [2.05, 4.69) is 26.6 Å². The highest BCUT2D eigenvalue weighted by atomic mass is 35.5. The molecule has 61 heavy (non-hydrogen) atoms. The first-order valence-corrected chi connectivity index (χ1v) is 20.4. The molecule has 5 amide bonds. The largest absolute Gasteiger partial charge is 0.391 e. The predicted octanol–water partition coefficient (Wildman–Crippen LogP) is -0.321. The van der Waals surface area contributed by atoms with Gasteiger partial charge in [-0.3, -0.25) is 28.8 Å². The fraction of sp³-hybridized carbons (Fsp3) is 0.429. The third-order valence-electron chi connectivity index (χ3n) is 9.75. The van der Waals surface area contributed by atoms with Crippen molar-refractivity contribution >= 4 is 46.9 Å². The minimum atomic E-state index is -1.76. The van der Waals surface area contributed by atoms with Crippen LogP contribution in [0.2, 0.25) is 5.02 Å². The molecule has 1 heterocycles. The van der Waals surface area contributed by atoms with Crippen LogP contribution in [0.25, 0.3) is 11.1 Å². The molecule has 3 aromatic rings. The quantitative estimate of drug-likeness (QED) is 0.0297. The van der Waals surface area contributed by atoms with Gasteiger partial charge in [0.15, 0.2) is 6.17 Å². The molecule has 0 aromatic heterocycles. The Balaban J connectivity index is 1.28. The molecule has 1 saturated heterocycles. The summed E-state index contributed by atoms with van der Waals surface area (Å²) in [5, 5.41) is 23.1. The third-order valence-corrected chi connectivity index (χ3v) is 10.0. The number of epoxide rings is 1. The average Bonchev–Trinajstić information content (AvgIpc) is 4.03. The second-order valence-corrected chi connectivity index (χ2v) is 15.0. The van der Waals surface area contributed by atoms with Crippen LogP contribution in [0, 0.1) is 0 Å². The van der Waals surface area contributed by atoms with Gasteiger partial charge in [-0.2, -0.15) is 0 Å². The lowest BCUT2D eigenvalue weighted by Gasteiger charge is -2.26. The number of hydrogen-bond acceptors (Lipinski definition) is 13. The standard InChI is InChI=1S/C42H56ClN9O9/c1-24(53)33(50-39(56)31(18-21-45)48-38(55)28-12-10-26(11-13-28)27-14-16-29(43)17-15-27)41(58)52-37(47)42(59)49-30(9-5-6-20-44)40(57)51-36(46)34(54)35-32(61-35)19-22-60-23-25-7-3-2-4-8-25/h2-4,7-8,10-17,24,30-33,35-37,53H,5-6,9,18-23,44-47H2,1H3,(H,48,55)(H,49,59)(H,50,56)(H,51,57)(H,52,58). The maximum Gasteiger partial charge on any atom is 0.258 e. The summed E-state index contributed by atoms with van der Waals surface area (Å²) in [4.78, 5) is 79.2. The summed E-state index contributed by atoms with van der Waals surface area (Å²) >= 11 is 5.98. The van der Waals surface area contributed by atoms with Gasteiger partial charge in [0.05, 0.1) is 18.8 Å². The molecule has 0 spiro atoms. The van der Waals surface area contributed by atoms with E-state index in [1.54, 1.807) is 36.4 Å². The molecule has 0 radical (unpaired) electrons. The van der Waals surface area contributed by atoms with E-state index >= 15 is 0 Å². The summed E-state index contributed by atoms with van der Waals surface area (Å²) in [7, 11) is 0. The number of amides is 5. The number of Topliss-reactive ketones (excluding diaryl/α,β-unsaturated/α-hetero) is 1. The van der Waals surface area contributed by atoms with E-state index in [0.717, 1.165) is 16.7 Å². The van der Waals surface area contributed by atoms with E-state index in [4.69, 9.17) is 44.0 Å². The predicted molar refractivity (Wildman–Crippen MR) is 227 cm³/mol. The number of rotatable bonds is 25. The molecule has 1 aliphatic rings. The lowest BCUT2D eigenvalue weighted by Crippen LogP contribution is -2.63. The van der Waals surface area contributed by atoms with Gasteiger partial charge in [0, 0.05) is 17.2 Å². The van der Waals surface area contributed by atoms with Gasteiger partial charge in [-0.1, -0.05) is 66.2 Å². The van der Waals surface area contributed by atoms with Crippen molar-refractivity contribution in [1.29, 1.82) is 0 Å². The number of halogens is 1. The van der Waals surface area contributed by atoms with Crippen molar-refractivity contribution in [1.82, 2.24) is 26.6 Å². The highest BCUT2D eigenvalue weighted by Gasteiger charge is 2.46. The van der Waals surface area contributed by atoms with Gasteiger partial charge in [0.1, 0.15) is 30.4 Å². The lowest BCUT2D eigenvalue weighted by molar-refractivity contribution is -0.136. The summed E-state index contributed by atoms with van der Waals surface area (Å²) in [6.45, 7) is 2.28. The molecular formula is C42H56ClN9O9. The number of unbranched alkanes of at least 4 members (excludes halogenated alkanes) is 1. The molecule has 0 saturated carbocycles. The number of ether oxygens (including phenoxy) is 2. The van der Waals surface area contributed by atoms with Gasteiger partial charge in [0.2, 0.25) is 23.5 Å². The van der Waals surface area contributed by atoms with Crippen molar-refractivity contribution in [3.8, 4) is 11.1 Å². The summed E-state index contributed by atoms with van der Waals surface area (Å²) in [5.41, 5.74) is 26.3. The minimum absolute atomic E-state index is 0.0105. The average molecular weight is 866 g/mol. The highest BCUT2D eigenvalue weighted by molar-refractivity contribution is 6.30. The molecule has 3 aromatic carbocycles. The van der Waals surface area contributed by atoms with Crippen molar-refractivity contribution in [3.63, 3.8) is 0 Å². The first-order chi connectivity index (χ1) is 29.2. The van der Waals surface area contributed by atoms with E-state index in [1.165, 1.54) is 6.92 Å². The molecule has 330 valence electrons. The first-order valence-electron chi connectivity index (χ1n) is 20.0. The summed E-state index contributed by atoms with van der Waals surface area (Å²) in [6.07, 6.45) is -4.51. The van der Waals surface area contributed by atoms with Crippen LogP contribution < -0.4 is 49.5 Å². The van der Waals surface area contributed by atoms with E-state index in [1.807, 2.05) is 42.5 Å². The molecule has 18 nitrogen and oxygen atoms in total. The van der Waals surface area contributed by atoms with Crippen molar-refractivity contribution in [2.45, 2.75) is 94.4 Å². The Kier molecular flexibility index (Phi) is 19.2. The van der Waals surface area contributed by atoms with E-state index in [-0.39, 0.29) is 24.9 Å². The molecule has 14 N–H and O–H groups in total. The normalized spacial score (nSPS) is 17.4. The molecule has 8 unspecified atom stereocenters. The maximum atomic E-state index is 13.4. The molecule has 4 rings (SSSR count). The fourth-order valence-corrected chi connectivity index (χ4v) is 6.33. The zero-order valence-corrected chi connectivity index (χ0v) is 34.6. The summed E-state index contributed by atoms with van der Waals surface area (Å²) < 4.78 is 11.1. The Morgan fingerprint density at radius 2 is 1.33 bits per heavy atom. The van der Waals surface area contributed by atoms with Crippen molar-refractivity contribution in [3.05, 3.63) is 95.0 Å². The number of carbonyl (C=O) groups is 6. The van der Waals surface area contributed by atoms with Crippen molar-refractivity contribution in [2.24, 2.45) is 22.9 Å². The van der Waals surface area contributed by atoms with Gasteiger partial charge in [-0.15, -0.1) is 0 Å². The summed E-state index contributed by atoms with van der Waals surface area (Å²) in [5.74, 6) is -4.80. The van der Waals surface area contributed by atoms with Gasteiger partial charge in [0.25, 0.3) is 11.8 Å². The lowest BCUT2D eigenvalue weighted by atomic mass is 10.0. The van der Waals surface area contributed by atoms with Gasteiger partial charge in [-0.25, -0.2) is 0 Å². The maximum absolute atomic E-state index is 13.4. The van der Waals surface area contributed by atoms with E-state index < -0.39 is 84.1 Å².